The van der Waals surface area contributed by atoms with E-state index in [-0.39, 0.29) is 58.1 Å². The smallest absolute Gasteiger partial charge is 0.350 e. The van der Waals surface area contributed by atoms with E-state index in [0.717, 1.165) is 28.5 Å². The molecule has 16 nitrogen and oxygen atoms in total. The number of hydrogen-bond donors (Lipinski definition) is 3. The minimum absolute atomic E-state index is 0.0415. The number of non-ortho nitro benzene ring substituents is 1. The maximum atomic E-state index is 14.6. The van der Waals surface area contributed by atoms with Crippen LogP contribution >= 0.6 is 0 Å². The molecule has 4 aromatic rings. The zero-order valence-electron chi connectivity index (χ0n) is 32.9. The van der Waals surface area contributed by atoms with Gasteiger partial charge in [-0.25, -0.2) is 4.79 Å². The van der Waals surface area contributed by atoms with Crippen molar-refractivity contribution in [3.05, 3.63) is 88.5 Å². The van der Waals surface area contributed by atoms with Crippen LogP contribution < -0.4 is 25.3 Å². The predicted molar refractivity (Wildman–Crippen MR) is 213 cm³/mol. The average molecular weight is 783 g/mol. The number of fused-ring (bicyclic) bond motifs is 1. The average Bonchev–Trinajstić information content (AvgIpc) is 3.43. The first kappa shape index (κ1) is 41.5. The number of carbonyl (C=O) groups excluding carboxylic acids is 5. The topological polar surface area (TPSA) is 201 Å². The summed E-state index contributed by atoms with van der Waals surface area (Å²) in [6.45, 7) is 9.82. The number of phenols is 1. The number of hydrazine groups is 1. The number of nitrogens with zero attached hydrogens (tertiary/aromatic N) is 4. The first-order valence-electron chi connectivity index (χ1n) is 18.3. The van der Waals surface area contributed by atoms with E-state index in [1.54, 1.807) is 70.2 Å². The maximum absolute atomic E-state index is 14.6. The van der Waals surface area contributed by atoms with Crippen molar-refractivity contribution in [2.75, 3.05) is 42.0 Å². The number of benzene rings is 4. The summed E-state index contributed by atoms with van der Waals surface area (Å²) < 4.78 is 12.0. The molecule has 16 heteroatoms. The molecule has 0 aliphatic carbocycles. The monoisotopic (exact) mass is 782 g/mol. The number of para-hydroxylation sites is 1. The Balaban J connectivity index is 1.62. The summed E-state index contributed by atoms with van der Waals surface area (Å²) in [6.07, 6.45) is 1.49. The molecular weight excluding hydrogens is 736 g/mol. The summed E-state index contributed by atoms with van der Waals surface area (Å²) in [5, 5.41) is 31.5. The fraction of sp³-hybridized carbons (Fsp3) is 0.341. The van der Waals surface area contributed by atoms with E-state index in [4.69, 9.17) is 9.47 Å². The number of hydrogen-bond acceptors (Lipinski definition) is 11. The van der Waals surface area contributed by atoms with Crippen LogP contribution in [0.1, 0.15) is 64.7 Å². The van der Waals surface area contributed by atoms with Crippen molar-refractivity contribution in [2.45, 2.75) is 54.4 Å². The van der Waals surface area contributed by atoms with Gasteiger partial charge in [0.05, 0.1) is 44.9 Å². The largest absolute Gasteiger partial charge is 0.506 e. The van der Waals surface area contributed by atoms with Crippen LogP contribution in [0.5, 0.6) is 17.2 Å². The van der Waals surface area contributed by atoms with Crippen molar-refractivity contribution in [1.82, 2.24) is 10.3 Å². The van der Waals surface area contributed by atoms with Gasteiger partial charge in [0, 0.05) is 38.0 Å². The highest BCUT2D eigenvalue weighted by molar-refractivity contribution is 6.12. The fourth-order valence-electron chi connectivity index (χ4n) is 6.16. The molecule has 1 aliphatic rings. The molecule has 0 saturated carbocycles. The van der Waals surface area contributed by atoms with Gasteiger partial charge in [0.1, 0.15) is 23.5 Å². The Morgan fingerprint density at radius 2 is 1.72 bits per heavy atom. The number of imide groups is 1. The highest BCUT2D eigenvalue weighted by atomic mass is 16.6. The minimum atomic E-state index is -1.38. The van der Waals surface area contributed by atoms with Gasteiger partial charge in [-0.3, -0.25) is 39.2 Å². The first-order valence-corrected chi connectivity index (χ1v) is 18.3. The summed E-state index contributed by atoms with van der Waals surface area (Å²) in [5.74, 6) is -2.79. The van der Waals surface area contributed by atoms with Crippen molar-refractivity contribution in [2.24, 2.45) is 10.8 Å². The van der Waals surface area contributed by atoms with E-state index in [9.17, 15) is 39.2 Å². The lowest BCUT2D eigenvalue weighted by Crippen LogP contribution is -2.50. The van der Waals surface area contributed by atoms with Gasteiger partial charge in [-0.15, -0.1) is 0 Å². The number of unbranched alkanes of at least 4 members (excludes halogenated alkanes) is 1. The zero-order valence-corrected chi connectivity index (χ0v) is 32.9. The van der Waals surface area contributed by atoms with Crippen LogP contribution in [0, 0.1) is 20.9 Å². The normalized spacial score (nSPS) is 15.3. The highest BCUT2D eigenvalue weighted by Gasteiger charge is 2.53. The second kappa shape index (κ2) is 16.6. The number of nitro groups is 1. The third-order valence-corrected chi connectivity index (χ3v) is 9.31. The molecule has 1 saturated heterocycles. The molecule has 5 rings (SSSR count). The van der Waals surface area contributed by atoms with E-state index in [2.05, 4.69) is 10.6 Å². The van der Waals surface area contributed by atoms with Crippen molar-refractivity contribution < 1.29 is 43.5 Å². The number of nitrogens with one attached hydrogen (secondary N) is 2. The van der Waals surface area contributed by atoms with Crippen molar-refractivity contribution >= 4 is 63.2 Å². The Morgan fingerprint density at radius 1 is 1.02 bits per heavy atom. The molecule has 0 aromatic heterocycles. The molecule has 1 atom stereocenters. The van der Waals surface area contributed by atoms with Crippen LogP contribution in [0.15, 0.2) is 72.8 Å². The first-order chi connectivity index (χ1) is 26.9. The Morgan fingerprint density at radius 3 is 2.35 bits per heavy atom. The number of aromatic hydroxyl groups is 1. The van der Waals surface area contributed by atoms with Gasteiger partial charge in [0.2, 0.25) is 5.91 Å². The molecule has 1 fully saturated rings. The zero-order chi connectivity index (χ0) is 41.8. The third-order valence-electron chi connectivity index (χ3n) is 9.31. The Hall–Kier alpha value is -6.71. The summed E-state index contributed by atoms with van der Waals surface area (Å²) in [7, 11) is 1.31. The second-order valence-electron chi connectivity index (χ2n) is 15.0. The summed E-state index contributed by atoms with van der Waals surface area (Å²) in [4.78, 5) is 79.7. The number of anilines is 3. The molecule has 1 aliphatic heterocycles. The maximum Gasteiger partial charge on any atom is 0.350 e. The molecule has 0 radical (unpaired) electrons. The standard InChI is InChI=1S/C41H46N6O10/c1-8-9-20-42-36(50)29-22-33(34-28(35(29)49)16-13-17-30(34)43-25(2)48)57-32-19-18-27(47(54)55)21-31(32)44(7)39(53)46-37(51)41(6,24-56-38(52)40(3,4)5)23-45(46)26-14-11-10-12-15-26/h10-19,21-22,49H,8-9,20,23-24H2,1-7H3,(H,42,50)(H,43,48). The number of urea groups is 1. The molecule has 0 bridgehead atoms. The van der Waals surface area contributed by atoms with E-state index < -0.39 is 51.2 Å². The van der Waals surface area contributed by atoms with Crippen LogP contribution in [0.25, 0.3) is 10.8 Å². The summed E-state index contributed by atoms with van der Waals surface area (Å²) >= 11 is 0. The molecule has 1 heterocycles. The van der Waals surface area contributed by atoms with E-state index >= 15 is 0 Å². The number of nitro benzene ring substituents is 1. The van der Waals surface area contributed by atoms with Crippen molar-refractivity contribution in [3.8, 4) is 17.2 Å². The van der Waals surface area contributed by atoms with Crippen LogP contribution in [-0.4, -0.2) is 71.5 Å². The Bertz CT molecular complexity index is 2240. The molecular formula is C41H46N6O10. The number of rotatable bonds is 12. The van der Waals surface area contributed by atoms with Crippen molar-refractivity contribution in [1.29, 1.82) is 0 Å². The van der Waals surface area contributed by atoms with Crippen LogP contribution in [0.2, 0.25) is 0 Å². The van der Waals surface area contributed by atoms with E-state index in [1.165, 1.54) is 37.2 Å². The molecule has 300 valence electrons. The van der Waals surface area contributed by atoms with E-state index in [1.807, 2.05) is 6.92 Å². The lowest BCUT2D eigenvalue weighted by Gasteiger charge is -2.31. The van der Waals surface area contributed by atoms with Gasteiger partial charge in [-0.1, -0.05) is 43.7 Å². The van der Waals surface area contributed by atoms with Gasteiger partial charge in [-0.05, 0) is 64.4 Å². The molecule has 57 heavy (non-hydrogen) atoms. The second-order valence-corrected chi connectivity index (χ2v) is 15.0. The number of carbonyl (C=O) groups is 5. The van der Waals surface area contributed by atoms with Gasteiger partial charge < -0.3 is 25.2 Å². The molecule has 3 N–H and O–H groups in total. The number of amides is 5. The SMILES string of the molecule is CCCCNC(=O)c1cc(Oc2ccc([N+](=O)[O-])cc2N(C)C(=O)N2C(=O)C(C)(COC(=O)C(C)(C)C)CN2c2ccccc2)c2c(NC(C)=O)cccc2c1O. The van der Waals surface area contributed by atoms with Crippen LogP contribution in [-0.2, 0) is 19.1 Å². The van der Waals surface area contributed by atoms with E-state index in [0.29, 0.717) is 18.7 Å². The third kappa shape index (κ3) is 8.74. The minimum Gasteiger partial charge on any atom is -0.506 e. The van der Waals surface area contributed by atoms with Crippen molar-refractivity contribution in [3.63, 3.8) is 0 Å². The van der Waals surface area contributed by atoms with Gasteiger partial charge >= 0.3 is 12.0 Å². The Kier molecular flexibility index (Phi) is 12.0. The number of ether oxygens (including phenoxy) is 2. The van der Waals surface area contributed by atoms with Crippen LogP contribution in [0.3, 0.4) is 0 Å². The lowest BCUT2D eigenvalue weighted by atomic mass is 9.91. The van der Waals surface area contributed by atoms with Gasteiger partial charge in [-0.2, -0.15) is 5.01 Å². The molecule has 4 aromatic carbocycles. The number of phenolic OH excluding ortho intramolecular Hbond substituents is 1. The van der Waals surface area contributed by atoms with Gasteiger partial charge in [0.25, 0.3) is 17.5 Å². The predicted octanol–water partition coefficient (Wildman–Crippen LogP) is 7.15. The quantitative estimate of drug-likeness (QED) is 0.0570. The lowest BCUT2D eigenvalue weighted by molar-refractivity contribution is -0.384. The number of esters is 1. The Labute approximate surface area is 329 Å². The fourth-order valence-corrected chi connectivity index (χ4v) is 6.16. The van der Waals surface area contributed by atoms with Crippen LogP contribution in [0.4, 0.5) is 27.5 Å². The molecule has 0 spiro atoms. The molecule has 5 amide bonds. The molecule has 1 unspecified atom stereocenters. The summed E-state index contributed by atoms with van der Waals surface area (Å²) in [6, 6.07) is 17.1. The highest BCUT2D eigenvalue weighted by Crippen LogP contribution is 2.45. The van der Waals surface area contributed by atoms with Gasteiger partial charge in [0.15, 0.2) is 5.75 Å². The summed E-state index contributed by atoms with van der Waals surface area (Å²) in [5.41, 5.74) is -2.23.